The molecule has 0 saturated heterocycles. The lowest BCUT2D eigenvalue weighted by Gasteiger charge is -2.13. The first-order valence-electron chi connectivity index (χ1n) is 10.1. The van der Waals surface area contributed by atoms with E-state index in [1.54, 1.807) is 19.0 Å². The van der Waals surface area contributed by atoms with Crippen LogP contribution >= 0.6 is 24.0 Å². The van der Waals surface area contributed by atoms with Crippen LogP contribution in [0, 0.1) is 0 Å². The Bertz CT molecular complexity index is 782. The molecule has 6 nitrogen and oxygen atoms in total. The molecule has 0 atom stereocenters. The minimum atomic E-state index is 0. The van der Waals surface area contributed by atoms with E-state index in [4.69, 9.17) is 4.74 Å². The molecule has 0 aliphatic carbocycles. The number of aliphatic imine (C=N–C) groups is 1. The number of hydrogen-bond acceptors (Lipinski definition) is 3. The first-order chi connectivity index (χ1) is 14.1. The van der Waals surface area contributed by atoms with Gasteiger partial charge in [0.15, 0.2) is 5.96 Å². The normalized spacial score (nSPS) is 10.7. The molecule has 0 heterocycles. The fourth-order valence-corrected chi connectivity index (χ4v) is 2.75. The number of amides is 1. The fraction of sp³-hybridized carbons (Fsp3) is 0.391. The Balaban J connectivity index is 0.00000450. The molecule has 2 rings (SSSR count). The number of rotatable bonds is 10. The third kappa shape index (κ3) is 9.47. The van der Waals surface area contributed by atoms with Crippen molar-refractivity contribution in [2.45, 2.75) is 19.8 Å². The summed E-state index contributed by atoms with van der Waals surface area (Å²) >= 11 is 0. The molecule has 2 N–H and O–H groups in total. The lowest BCUT2D eigenvalue weighted by molar-refractivity contribution is 0.0827. The van der Waals surface area contributed by atoms with Crippen LogP contribution in [0.2, 0.25) is 0 Å². The van der Waals surface area contributed by atoms with Crippen molar-refractivity contribution in [3.05, 3.63) is 65.7 Å². The number of carbonyl (C=O) groups excluding carboxylic acids is 1. The van der Waals surface area contributed by atoms with E-state index < -0.39 is 0 Å². The van der Waals surface area contributed by atoms with Crippen LogP contribution in [-0.2, 0) is 6.42 Å². The van der Waals surface area contributed by atoms with Gasteiger partial charge in [0.25, 0.3) is 5.91 Å². The molecule has 164 valence electrons. The molecule has 0 aliphatic heterocycles. The Morgan fingerprint density at radius 3 is 2.53 bits per heavy atom. The van der Waals surface area contributed by atoms with E-state index in [0.717, 1.165) is 43.2 Å². The van der Waals surface area contributed by atoms with Crippen molar-refractivity contribution in [3.63, 3.8) is 0 Å². The van der Waals surface area contributed by atoms with Crippen molar-refractivity contribution in [1.29, 1.82) is 0 Å². The van der Waals surface area contributed by atoms with Gasteiger partial charge in [-0.25, -0.2) is 0 Å². The first-order valence-corrected chi connectivity index (χ1v) is 10.1. The van der Waals surface area contributed by atoms with Gasteiger partial charge in [-0.05, 0) is 43.2 Å². The highest BCUT2D eigenvalue weighted by Crippen LogP contribution is 2.09. The third-order valence-electron chi connectivity index (χ3n) is 4.21. The summed E-state index contributed by atoms with van der Waals surface area (Å²) in [7, 11) is 3.53. The fourth-order valence-electron chi connectivity index (χ4n) is 2.75. The summed E-state index contributed by atoms with van der Waals surface area (Å²) in [5, 5.41) is 6.61. The van der Waals surface area contributed by atoms with Crippen molar-refractivity contribution in [2.24, 2.45) is 4.99 Å². The average Bonchev–Trinajstić information content (AvgIpc) is 2.73. The number of ether oxygens (including phenoxy) is 1. The summed E-state index contributed by atoms with van der Waals surface area (Å²) in [4.78, 5) is 18.3. The zero-order valence-corrected chi connectivity index (χ0v) is 20.4. The summed E-state index contributed by atoms with van der Waals surface area (Å²) in [5.74, 6) is 1.71. The van der Waals surface area contributed by atoms with Crippen LogP contribution < -0.4 is 15.4 Å². The number of hydrogen-bond donors (Lipinski definition) is 2. The smallest absolute Gasteiger partial charge is 0.253 e. The van der Waals surface area contributed by atoms with Gasteiger partial charge >= 0.3 is 0 Å². The minimum Gasteiger partial charge on any atom is -0.494 e. The Morgan fingerprint density at radius 1 is 1.07 bits per heavy atom. The maximum atomic E-state index is 12.1. The van der Waals surface area contributed by atoms with Crippen molar-refractivity contribution < 1.29 is 9.53 Å². The number of carbonyl (C=O) groups is 1. The van der Waals surface area contributed by atoms with Crippen LogP contribution in [0.15, 0.2) is 59.6 Å². The van der Waals surface area contributed by atoms with Gasteiger partial charge in [0.05, 0.1) is 6.61 Å². The topological polar surface area (TPSA) is 66.0 Å². The van der Waals surface area contributed by atoms with E-state index in [9.17, 15) is 4.79 Å². The molecule has 0 spiro atoms. The van der Waals surface area contributed by atoms with Gasteiger partial charge in [-0.2, -0.15) is 0 Å². The molecule has 0 radical (unpaired) electrons. The molecule has 0 unspecified atom stereocenters. The molecule has 0 aromatic heterocycles. The highest BCUT2D eigenvalue weighted by Gasteiger charge is 2.08. The van der Waals surface area contributed by atoms with Gasteiger partial charge in [-0.1, -0.05) is 30.3 Å². The van der Waals surface area contributed by atoms with Crippen molar-refractivity contribution in [1.82, 2.24) is 15.5 Å². The number of nitrogens with one attached hydrogen (secondary N) is 2. The maximum Gasteiger partial charge on any atom is 0.253 e. The predicted molar refractivity (Wildman–Crippen MR) is 134 cm³/mol. The van der Waals surface area contributed by atoms with Crippen LogP contribution in [-0.4, -0.2) is 57.1 Å². The minimum absolute atomic E-state index is 0. The molecular formula is C23H33IN4O2. The number of halogens is 1. The molecule has 1 amide bonds. The zero-order chi connectivity index (χ0) is 20.9. The average molecular weight is 524 g/mol. The van der Waals surface area contributed by atoms with Crippen LogP contribution in [0.5, 0.6) is 5.75 Å². The maximum absolute atomic E-state index is 12.1. The second kappa shape index (κ2) is 14.7. The van der Waals surface area contributed by atoms with E-state index in [2.05, 4.69) is 15.6 Å². The molecule has 0 fully saturated rings. The number of guanidine groups is 1. The number of nitrogens with zero attached hydrogens (tertiary/aromatic N) is 2. The van der Waals surface area contributed by atoms with Crippen LogP contribution in [0.25, 0.3) is 0 Å². The van der Waals surface area contributed by atoms with Gasteiger partial charge in [0.1, 0.15) is 5.75 Å². The Kier molecular flexibility index (Phi) is 12.6. The van der Waals surface area contributed by atoms with E-state index in [1.165, 1.54) is 0 Å². The lowest BCUT2D eigenvalue weighted by Crippen LogP contribution is -2.38. The predicted octanol–water partition coefficient (Wildman–Crippen LogP) is 3.57. The van der Waals surface area contributed by atoms with Crippen LogP contribution in [0.4, 0.5) is 0 Å². The number of benzene rings is 2. The van der Waals surface area contributed by atoms with Crippen molar-refractivity contribution in [2.75, 3.05) is 40.3 Å². The molecule has 30 heavy (non-hydrogen) atoms. The summed E-state index contributed by atoms with van der Waals surface area (Å²) in [6.07, 6.45) is 1.66. The third-order valence-corrected chi connectivity index (χ3v) is 4.21. The van der Waals surface area contributed by atoms with Crippen molar-refractivity contribution >= 4 is 35.8 Å². The largest absolute Gasteiger partial charge is 0.494 e. The van der Waals surface area contributed by atoms with Crippen LogP contribution in [0.1, 0.15) is 29.3 Å². The lowest BCUT2D eigenvalue weighted by atomic mass is 10.1. The van der Waals surface area contributed by atoms with Gasteiger partial charge in [0, 0.05) is 45.7 Å². The molecule has 7 heteroatoms. The highest BCUT2D eigenvalue weighted by molar-refractivity contribution is 14.0. The van der Waals surface area contributed by atoms with Gasteiger partial charge in [0.2, 0.25) is 0 Å². The zero-order valence-electron chi connectivity index (χ0n) is 18.1. The number of para-hydroxylation sites is 1. The molecule has 2 aromatic rings. The molecule has 0 saturated carbocycles. The highest BCUT2D eigenvalue weighted by atomic mass is 127. The molecule has 0 bridgehead atoms. The first kappa shape index (κ1) is 25.7. The van der Waals surface area contributed by atoms with E-state index in [0.29, 0.717) is 18.7 Å². The summed E-state index contributed by atoms with van der Waals surface area (Å²) in [6, 6.07) is 17.6. The van der Waals surface area contributed by atoms with Crippen LogP contribution in [0.3, 0.4) is 0 Å². The Hall–Kier alpha value is -2.29. The second-order valence-electron chi connectivity index (χ2n) is 6.85. The van der Waals surface area contributed by atoms with E-state index >= 15 is 0 Å². The molecule has 2 aromatic carbocycles. The summed E-state index contributed by atoms with van der Waals surface area (Å²) < 4.78 is 5.69. The summed E-state index contributed by atoms with van der Waals surface area (Å²) in [6.45, 7) is 4.92. The van der Waals surface area contributed by atoms with E-state index in [-0.39, 0.29) is 29.9 Å². The van der Waals surface area contributed by atoms with Crippen molar-refractivity contribution in [3.8, 4) is 5.75 Å². The Morgan fingerprint density at radius 2 is 1.83 bits per heavy atom. The van der Waals surface area contributed by atoms with Gasteiger partial charge in [-0.15, -0.1) is 24.0 Å². The Labute approximate surface area is 197 Å². The molecular weight excluding hydrogens is 491 g/mol. The standard InChI is InChI=1S/C23H32N4O2.HI/c1-4-24-23(25-15-9-17-29-21-12-6-5-7-13-21)26-16-14-19-10-8-11-20(18-19)22(28)27(2)3;/h5-8,10-13,18H,4,9,14-17H2,1-3H3,(H2,24,25,26);1H. The van der Waals surface area contributed by atoms with E-state index in [1.807, 2.05) is 61.5 Å². The monoisotopic (exact) mass is 524 g/mol. The quantitative estimate of drug-likeness (QED) is 0.216. The van der Waals surface area contributed by atoms with Gasteiger partial charge < -0.3 is 20.3 Å². The second-order valence-corrected chi connectivity index (χ2v) is 6.85. The summed E-state index contributed by atoms with van der Waals surface area (Å²) in [5.41, 5.74) is 1.84. The van der Waals surface area contributed by atoms with Gasteiger partial charge in [-0.3, -0.25) is 9.79 Å². The molecule has 0 aliphatic rings. The SMILES string of the molecule is CCNC(=NCCCOc1ccccc1)NCCc1cccc(C(=O)N(C)C)c1.I.